The van der Waals surface area contributed by atoms with E-state index in [1.54, 1.807) is 12.1 Å². The van der Waals surface area contributed by atoms with Gasteiger partial charge in [0, 0.05) is 12.6 Å². The third-order valence-corrected chi connectivity index (χ3v) is 5.42. The van der Waals surface area contributed by atoms with Gasteiger partial charge < -0.3 is 15.2 Å². The molecule has 138 valence electrons. The first kappa shape index (κ1) is 16.4. The lowest BCUT2D eigenvalue weighted by Gasteiger charge is -2.23. The highest BCUT2D eigenvalue weighted by Crippen LogP contribution is 2.35. The number of carbonyl (C=O) groups excluding carboxylic acids is 1. The number of hydrogen-bond donors (Lipinski definition) is 2. The summed E-state index contributed by atoms with van der Waals surface area (Å²) in [6.07, 6.45) is 1.96. The second-order valence-electron chi connectivity index (χ2n) is 7.09. The molecule has 0 radical (unpaired) electrons. The minimum atomic E-state index is -0.483. The van der Waals surface area contributed by atoms with Crippen molar-refractivity contribution in [2.45, 2.75) is 24.9 Å². The van der Waals surface area contributed by atoms with Gasteiger partial charge >= 0.3 is 0 Å². The third kappa shape index (κ3) is 2.61. The Bertz CT molecular complexity index is 1040. The Morgan fingerprint density at radius 3 is 2.67 bits per heavy atom. The Balaban J connectivity index is 1.79. The van der Waals surface area contributed by atoms with Crippen LogP contribution in [0.3, 0.4) is 0 Å². The van der Waals surface area contributed by atoms with Crippen molar-refractivity contribution >= 4 is 16.9 Å². The molecule has 2 aliphatic rings. The molecule has 1 fully saturated rings. The summed E-state index contributed by atoms with van der Waals surface area (Å²) < 4.78 is 29.6. The fourth-order valence-corrected chi connectivity index (χ4v) is 4.18. The van der Waals surface area contributed by atoms with Crippen LogP contribution in [0.1, 0.15) is 46.7 Å². The maximum absolute atomic E-state index is 14.1. The molecule has 1 amide bonds. The Morgan fingerprint density at radius 1 is 1.11 bits per heavy atom. The molecule has 1 aromatic heterocycles. The maximum atomic E-state index is 14.1. The standard InChI is InChI=1S/C20H18F2N4O/c21-12-5-3-11(4-6-12)17-10-24-20(27)14-8-13(22)9-16-18(14)26(17)19(25-16)15-2-1-7-23-15/h3-6,8-9,15,17,23H,1-2,7,10H2,(H,24,27)/t15-,17?/m1/s1. The SMILES string of the molecule is O=C1NCC(c2ccc(F)cc2)n2c([C@H]3CCCN3)nc3cc(F)cc1c32. The van der Waals surface area contributed by atoms with Gasteiger partial charge in [0.15, 0.2) is 0 Å². The minimum absolute atomic E-state index is 0.0458. The fourth-order valence-electron chi connectivity index (χ4n) is 4.18. The Hall–Kier alpha value is -2.80. The summed E-state index contributed by atoms with van der Waals surface area (Å²) in [5.74, 6) is -0.327. The smallest absolute Gasteiger partial charge is 0.253 e. The van der Waals surface area contributed by atoms with E-state index in [1.807, 2.05) is 4.57 Å². The van der Waals surface area contributed by atoms with E-state index in [0.717, 1.165) is 30.8 Å². The number of nitrogens with zero attached hydrogens (tertiary/aromatic N) is 2. The molecular weight excluding hydrogens is 350 g/mol. The molecule has 0 bridgehead atoms. The molecule has 3 aromatic rings. The lowest BCUT2D eigenvalue weighted by molar-refractivity contribution is 0.0954. The largest absolute Gasteiger partial charge is 0.350 e. The van der Waals surface area contributed by atoms with Crippen molar-refractivity contribution in [3.63, 3.8) is 0 Å². The summed E-state index contributed by atoms with van der Waals surface area (Å²) in [6, 6.07) is 8.69. The molecular formula is C20H18F2N4O. The van der Waals surface area contributed by atoms with E-state index < -0.39 is 5.82 Å². The predicted octanol–water partition coefficient (Wildman–Crippen LogP) is 3.07. The maximum Gasteiger partial charge on any atom is 0.253 e. The first-order chi connectivity index (χ1) is 13.1. The molecule has 5 nitrogen and oxygen atoms in total. The molecule has 2 N–H and O–H groups in total. The number of nitrogens with one attached hydrogen (secondary N) is 2. The van der Waals surface area contributed by atoms with Crippen molar-refractivity contribution in [1.82, 2.24) is 20.2 Å². The Morgan fingerprint density at radius 2 is 1.93 bits per heavy atom. The van der Waals surface area contributed by atoms with Gasteiger partial charge in [0.2, 0.25) is 0 Å². The zero-order chi connectivity index (χ0) is 18.5. The number of aromatic nitrogens is 2. The quantitative estimate of drug-likeness (QED) is 0.731. The number of hydrogen-bond acceptors (Lipinski definition) is 3. The molecule has 27 heavy (non-hydrogen) atoms. The second-order valence-corrected chi connectivity index (χ2v) is 7.09. The summed E-state index contributed by atoms with van der Waals surface area (Å²) in [5.41, 5.74) is 2.25. The van der Waals surface area contributed by atoms with Gasteiger partial charge in [-0.2, -0.15) is 0 Å². The number of benzene rings is 2. The summed E-state index contributed by atoms with van der Waals surface area (Å²) in [4.78, 5) is 17.3. The van der Waals surface area contributed by atoms with Crippen LogP contribution in [-0.2, 0) is 0 Å². The van der Waals surface area contributed by atoms with Crippen LogP contribution in [-0.4, -0.2) is 28.5 Å². The molecule has 2 aliphatic heterocycles. The van der Waals surface area contributed by atoms with Crippen LogP contribution < -0.4 is 10.6 Å². The lowest BCUT2D eigenvalue weighted by atomic mass is 10.1. The molecule has 0 aliphatic carbocycles. The fraction of sp³-hybridized carbons (Fsp3) is 0.300. The van der Waals surface area contributed by atoms with Gasteiger partial charge in [0.1, 0.15) is 17.5 Å². The summed E-state index contributed by atoms with van der Waals surface area (Å²) in [7, 11) is 0. The molecule has 1 saturated heterocycles. The van der Waals surface area contributed by atoms with E-state index in [2.05, 4.69) is 10.6 Å². The molecule has 0 spiro atoms. The van der Waals surface area contributed by atoms with Crippen LogP contribution in [0, 0.1) is 11.6 Å². The van der Waals surface area contributed by atoms with Crippen molar-refractivity contribution in [2.24, 2.45) is 0 Å². The van der Waals surface area contributed by atoms with E-state index in [9.17, 15) is 13.6 Å². The van der Waals surface area contributed by atoms with Crippen LogP contribution in [0.15, 0.2) is 36.4 Å². The summed E-state index contributed by atoms with van der Waals surface area (Å²) in [5, 5.41) is 6.31. The Kier molecular flexibility index (Phi) is 3.72. The van der Waals surface area contributed by atoms with Gasteiger partial charge in [-0.3, -0.25) is 4.79 Å². The van der Waals surface area contributed by atoms with Crippen molar-refractivity contribution in [1.29, 1.82) is 0 Å². The number of imidazole rings is 1. The van der Waals surface area contributed by atoms with Gasteiger partial charge in [-0.25, -0.2) is 13.8 Å². The minimum Gasteiger partial charge on any atom is -0.350 e. The van der Waals surface area contributed by atoms with Crippen LogP contribution in [0.4, 0.5) is 8.78 Å². The molecule has 5 rings (SSSR count). The zero-order valence-corrected chi connectivity index (χ0v) is 14.5. The van der Waals surface area contributed by atoms with Gasteiger partial charge in [0.05, 0.1) is 28.7 Å². The predicted molar refractivity (Wildman–Crippen MR) is 96.5 cm³/mol. The zero-order valence-electron chi connectivity index (χ0n) is 14.5. The molecule has 3 heterocycles. The molecule has 2 aromatic carbocycles. The third-order valence-electron chi connectivity index (χ3n) is 5.42. The topological polar surface area (TPSA) is 59.0 Å². The molecule has 2 atom stereocenters. The molecule has 1 unspecified atom stereocenters. The first-order valence-electron chi connectivity index (χ1n) is 9.10. The van der Waals surface area contributed by atoms with Gasteiger partial charge in [-0.05, 0) is 43.1 Å². The second kappa shape index (κ2) is 6.13. The van der Waals surface area contributed by atoms with Crippen LogP contribution in [0.2, 0.25) is 0 Å². The summed E-state index contributed by atoms with van der Waals surface area (Å²) in [6.45, 7) is 1.22. The average molecular weight is 368 g/mol. The number of rotatable bonds is 2. The van der Waals surface area contributed by atoms with Crippen molar-refractivity contribution < 1.29 is 13.6 Å². The van der Waals surface area contributed by atoms with E-state index in [1.165, 1.54) is 24.3 Å². The number of halogens is 2. The van der Waals surface area contributed by atoms with Gasteiger partial charge in [-0.15, -0.1) is 0 Å². The number of amides is 1. The Labute approximate surface area is 154 Å². The van der Waals surface area contributed by atoms with Crippen molar-refractivity contribution in [3.8, 4) is 0 Å². The highest BCUT2D eigenvalue weighted by atomic mass is 19.1. The molecule has 0 saturated carbocycles. The van der Waals surface area contributed by atoms with E-state index in [0.29, 0.717) is 17.6 Å². The van der Waals surface area contributed by atoms with E-state index in [4.69, 9.17) is 4.98 Å². The van der Waals surface area contributed by atoms with Crippen LogP contribution in [0.5, 0.6) is 0 Å². The van der Waals surface area contributed by atoms with E-state index >= 15 is 0 Å². The number of carbonyl (C=O) groups is 1. The molecule has 7 heteroatoms. The van der Waals surface area contributed by atoms with Crippen molar-refractivity contribution in [3.05, 3.63) is 65.0 Å². The van der Waals surface area contributed by atoms with E-state index in [-0.39, 0.29) is 29.4 Å². The first-order valence-corrected chi connectivity index (χ1v) is 9.10. The van der Waals surface area contributed by atoms with Gasteiger partial charge in [-0.1, -0.05) is 12.1 Å². The average Bonchev–Trinajstić information content (AvgIpc) is 3.27. The normalized spacial score (nSPS) is 22.1. The highest BCUT2D eigenvalue weighted by Gasteiger charge is 2.32. The van der Waals surface area contributed by atoms with Crippen molar-refractivity contribution in [2.75, 3.05) is 13.1 Å². The lowest BCUT2D eigenvalue weighted by Crippen LogP contribution is -2.29. The van der Waals surface area contributed by atoms with Crippen LogP contribution in [0.25, 0.3) is 11.0 Å². The van der Waals surface area contributed by atoms with Gasteiger partial charge in [0.25, 0.3) is 5.91 Å². The van der Waals surface area contributed by atoms with Crippen LogP contribution >= 0.6 is 0 Å². The monoisotopic (exact) mass is 368 g/mol. The summed E-state index contributed by atoms with van der Waals surface area (Å²) >= 11 is 0. The highest BCUT2D eigenvalue weighted by molar-refractivity contribution is 6.05.